The lowest BCUT2D eigenvalue weighted by Gasteiger charge is -2.08. The van der Waals surface area contributed by atoms with Crippen LogP contribution in [0.1, 0.15) is 10.4 Å². The van der Waals surface area contributed by atoms with E-state index in [2.05, 4.69) is 26.6 Å². The van der Waals surface area contributed by atoms with Gasteiger partial charge in [0.05, 0.1) is 6.54 Å². The number of primary amides is 1. The molecular weight excluding hydrogens is 392 g/mol. The van der Waals surface area contributed by atoms with Gasteiger partial charge in [-0.15, -0.1) is 0 Å². The molecule has 1 heterocycles. The van der Waals surface area contributed by atoms with Gasteiger partial charge in [-0.1, -0.05) is 0 Å². The maximum Gasteiger partial charge on any atom is 0.251 e. The number of amides is 3. The van der Waals surface area contributed by atoms with Crippen molar-refractivity contribution < 1.29 is 14.4 Å². The Labute approximate surface area is 151 Å². The summed E-state index contributed by atoms with van der Waals surface area (Å²) in [6.45, 7) is -0.391. The first-order chi connectivity index (χ1) is 11.8. The Morgan fingerprint density at radius 2 is 1.76 bits per heavy atom. The van der Waals surface area contributed by atoms with Crippen LogP contribution in [0, 0.1) is 0 Å². The van der Waals surface area contributed by atoms with Gasteiger partial charge in [0.15, 0.2) is 0 Å². The van der Waals surface area contributed by atoms with E-state index in [1.54, 1.807) is 18.2 Å². The van der Waals surface area contributed by atoms with Crippen LogP contribution in [-0.2, 0) is 16.1 Å². The summed E-state index contributed by atoms with van der Waals surface area (Å²) < 4.78 is 1.96. The van der Waals surface area contributed by atoms with Gasteiger partial charge < -0.3 is 20.9 Å². The molecule has 0 unspecified atom stereocenters. The van der Waals surface area contributed by atoms with Gasteiger partial charge in [-0.3, -0.25) is 19.2 Å². The number of nitrogens with one attached hydrogen (secondary N) is 2. The van der Waals surface area contributed by atoms with Gasteiger partial charge in [-0.05, 0) is 46.3 Å². The van der Waals surface area contributed by atoms with E-state index in [0.717, 1.165) is 0 Å². The quantitative estimate of drug-likeness (QED) is 0.644. The number of anilines is 1. The second kappa shape index (κ2) is 8.25. The molecule has 0 spiro atoms. The molecule has 0 bridgehead atoms. The molecule has 25 heavy (non-hydrogen) atoms. The highest BCUT2D eigenvalue weighted by Gasteiger charge is 2.08. The fourth-order valence-electron chi connectivity index (χ4n) is 1.96. The predicted molar refractivity (Wildman–Crippen MR) is 95.0 cm³/mol. The van der Waals surface area contributed by atoms with Crippen LogP contribution < -0.4 is 21.9 Å². The highest BCUT2D eigenvalue weighted by molar-refractivity contribution is 9.10. The van der Waals surface area contributed by atoms with E-state index in [1.165, 1.54) is 29.0 Å². The zero-order valence-corrected chi connectivity index (χ0v) is 14.6. The lowest BCUT2D eigenvalue weighted by Crippen LogP contribution is -2.33. The van der Waals surface area contributed by atoms with Crippen molar-refractivity contribution in [1.82, 2.24) is 9.88 Å². The molecule has 0 fully saturated rings. The van der Waals surface area contributed by atoms with Gasteiger partial charge in [0.2, 0.25) is 11.8 Å². The van der Waals surface area contributed by atoms with Crippen LogP contribution in [0.3, 0.4) is 0 Å². The summed E-state index contributed by atoms with van der Waals surface area (Å²) in [5.41, 5.74) is 5.45. The van der Waals surface area contributed by atoms with Crippen molar-refractivity contribution in [1.29, 1.82) is 0 Å². The van der Waals surface area contributed by atoms with Gasteiger partial charge in [-0.2, -0.15) is 0 Å². The zero-order valence-electron chi connectivity index (χ0n) is 13.0. The minimum Gasteiger partial charge on any atom is -0.368 e. The molecule has 0 saturated heterocycles. The number of hydrogen-bond donors (Lipinski definition) is 3. The average Bonchev–Trinajstić information content (AvgIpc) is 2.56. The maximum absolute atomic E-state index is 12.0. The number of hydrogen-bond acceptors (Lipinski definition) is 4. The molecule has 9 heteroatoms. The Bertz CT molecular complexity index is 861. The lowest BCUT2D eigenvalue weighted by molar-refractivity contribution is -0.117. The Morgan fingerprint density at radius 1 is 1.08 bits per heavy atom. The number of benzene rings is 1. The highest BCUT2D eigenvalue weighted by atomic mass is 79.9. The Hall–Kier alpha value is -2.94. The van der Waals surface area contributed by atoms with E-state index in [9.17, 15) is 19.2 Å². The van der Waals surface area contributed by atoms with Crippen LogP contribution in [0.5, 0.6) is 0 Å². The summed E-state index contributed by atoms with van der Waals surface area (Å²) >= 11 is 3.24. The third-order valence-electron chi connectivity index (χ3n) is 3.12. The van der Waals surface area contributed by atoms with Gasteiger partial charge in [0.25, 0.3) is 11.5 Å². The van der Waals surface area contributed by atoms with E-state index < -0.39 is 11.8 Å². The number of nitrogens with two attached hydrogens (primary N) is 1. The number of rotatable bonds is 6. The molecule has 2 aromatic rings. The largest absolute Gasteiger partial charge is 0.368 e. The van der Waals surface area contributed by atoms with Gasteiger partial charge in [0.1, 0.15) is 6.54 Å². The first-order valence-electron chi connectivity index (χ1n) is 7.17. The number of carbonyl (C=O) groups is 3. The van der Waals surface area contributed by atoms with Crippen molar-refractivity contribution in [3.8, 4) is 0 Å². The smallest absolute Gasteiger partial charge is 0.251 e. The van der Waals surface area contributed by atoms with Crippen LogP contribution in [0.15, 0.2) is 51.9 Å². The zero-order chi connectivity index (χ0) is 18.4. The minimum atomic E-state index is -0.639. The molecule has 1 aromatic heterocycles. The van der Waals surface area contributed by atoms with E-state index in [1.807, 2.05) is 0 Å². The molecule has 1 aromatic carbocycles. The van der Waals surface area contributed by atoms with E-state index in [4.69, 9.17) is 5.73 Å². The van der Waals surface area contributed by atoms with Crippen LogP contribution in [-0.4, -0.2) is 28.8 Å². The number of pyridine rings is 1. The third kappa shape index (κ3) is 5.57. The molecule has 130 valence electrons. The predicted octanol–water partition coefficient (Wildman–Crippen LogP) is 0.465. The molecule has 0 aliphatic carbocycles. The molecule has 0 saturated carbocycles. The number of nitrogens with zero attached hydrogens (tertiary/aromatic N) is 1. The van der Waals surface area contributed by atoms with Crippen molar-refractivity contribution in [2.24, 2.45) is 5.73 Å². The SMILES string of the molecule is NC(=O)CNC(=O)c1ccc(NC(=O)Cn2cc(Br)ccc2=O)cc1. The fourth-order valence-corrected chi connectivity index (χ4v) is 2.33. The van der Waals surface area contributed by atoms with Crippen LogP contribution >= 0.6 is 15.9 Å². The summed E-state index contributed by atoms with van der Waals surface area (Å²) in [7, 11) is 0. The average molecular weight is 407 g/mol. The number of aromatic nitrogens is 1. The molecule has 4 N–H and O–H groups in total. The normalized spacial score (nSPS) is 10.1. The summed E-state index contributed by atoms with van der Waals surface area (Å²) in [5, 5.41) is 4.99. The van der Waals surface area contributed by atoms with Crippen molar-refractivity contribution in [3.05, 3.63) is 63.0 Å². The first-order valence-corrected chi connectivity index (χ1v) is 7.97. The van der Waals surface area contributed by atoms with Crippen LogP contribution in [0.2, 0.25) is 0 Å². The van der Waals surface area contributed by atoms with Gasteiger partial charge >= 0.3 is 0 Å². The summed E-state index contributed by atoms with van der Waals surface area (Å²) in [6.07, 6.45) is 1.52. The lowest BCUT2D eigenvalue weighted by atomic mass is 10.2. The Kier molecular flexibility index (Phi) is 6.07. The van der Waals surface area contributed by atoms with Crippen LogP contribution in [0.25, 0.3) is 0 Å². The summed E-state index contributed by atoms with van der Waals surface area (Å²) in [6, 6.07) is 9.03. The molecule has 0 aliphatic heterocycles. The Morgan fingerprint density at radius 3 is 2.40 bits per heavy atom. The van der Waals surface area contributed by atoms with Gasteiger partial charge in [0, 0.05) is 28.0 Å². The number of halogens is 1. The van der Waals surface area contributed by atoms with Gasteiger partial charge in [-0.25, -0.2) is 0 Å². The van der Waals surface area contributed by atoms with E-state index in [0.29, 0.717) is 15.7 Å². The van der Waals surface area contributed by atoms with Crippen molar-refractivity contribution in [3.63, 3.8) is 0 Å². The molecule has 8 nitrogen and oxygen atoms in total. The van der Waals surface area contributed by atoms with Crippen LogP contribution in [0.4, 0.5) is 5.69 Å². The number of carbonyl (C=O) groups excluding carboxylic acids is 3. The second-order valence-electron chi connectivity index (χ2n) is 5.09. The molecule has 0 atom stereocenters. The molecule has 3 amide bonds. The minimum absolute atomic E-state index is 0.140. The molecule has 0 radical (unpaired) electrons. The molecule has 2 rings (SSSR count). The highest BCUT2D eigenvalue weighted by Crippen LogP contribution is 2.10. The molecule has 0 aliphatic rings. The monoisotopic (exact) mass is 406 g/mol. The Balaban J connectivity index is 1.97. The van der Waals surface area contributed by atoms with E-state index >= 15 is 0 Å². The fraction of sp³-hybridized carbons (Fsp3) is 0.125. The summed E-state index contributed by atoms with van der Waals surface area (Å²) in [4.78, 5) is 46.1. The van der Waals surface area contributed by atoms with Crippen molar-refractivity contribution in [2.75, 3.05) is 11.9 Å². The summed E-state index contributed by atoms with van der Waals surface area (Å²) in [5.74, 6) is -1.47. The second-order valence-corrected chi connectivity index (χ2v) is 6.00. The standard InChI is InChI=1S/C16H15BrN4O4/c17-11-3-6-15(24)21(8-11)9-14(23)20-12-4-1-10(2-5-12)16(25)19-7-13(18)22/h1-6,8H,7,9H2,(H2,18,22)(H,19,25)(H,20,23). The van der Waals surface area contributed by atoms with Crippen molar-refractivity contribution in [2.45, 2.75) is 6.54 Å². The third-order valence-corrected chi connectivity index (χ3v) is 3.58. The first kappa shape index (κ1) is 18.4. The molecular formula is C16H15BrN4O4. The van der Waals surface area contributed by atoms with Crippen molar-refractivity contribution >= 4 is 39.3 Å². The maximum atomic E-state index is 12.0. The van der Waals surface area contributed by atoms with E-state index in [-0.39, 0.29) is 24.6 Å². The topological polar surface area (TPSA) is 123 Å².